The summed E-state index contributed by atoms with van der Waals surface area (Å²) in [6.07, 6.45) is 5.46. The molecule has 0 atom stereocenters. The van der Waals surface area contributed by atoms with Crippen molar-refractivity contribution >= 4 is 124 Å². The van der Waals surface area contributed by atoms with Crippen molar-refractivity contribution in [3.05, 3.63) is 132 Å². The lowest BCUT2D eigenvalue weighted by molar-refractivity contribution is -0.122. The molecule has 5 aromatic carbocycles. The second kappa shape index (κ2) is 11.3. The first-order valence-electron chi connectivity index (χ1n) is 16.0. The van der Waals surface area contributed by atoms with E-state index in [-0.39, 0.29) is 47.6 Å². The van der Waals surface area contributed by atoms with Crippen molar-refractivity contribution in [2.75, 3.05) is 0 Å². The fourth-order valence-electron chi connectivity index (χ4n) is 7.67. The summed E-state index contributed by atoms with van der Waals surface area (Å²) < 4.78 is 0. The highest BCUT2D eigenvalue weighted by Gasteiger charge is 2.35. The number of carbonyl (C=O) groups excluding carboxylic acids is 4. The first kappa shape index (κ1) is 30.6. The zero-order valence-electron chi connectivity index (χ0n) is 26.4. The van der Waals surface area contributed by atoms with Gasteiger partial charge in [0, 0.05) is 73.1 Å². The molecule has 11 heteroatoms. The molecule has 246 valence electrons. The molecule has 4 aromatic heterocycles. The van der Waals surface area contributed by atoms with Crippen molar-refractivity contribution in [3.63, 3.8) is 0 Å². The predicted octanol–water partition coefficient (Wildman–Crippen LogP) is 7.67. The van der Waals surface area contributed by atoms with Crippen LogP contribution in [0.2, 0.25) is 0 Å². The molecule has 0 radical (unpaired) electrons. The molecule has 0 spiro atoms. The van der Waals surface area contributed by atoms with Crippen LogP contribution in [0.15, 0.2) is 110 Å². The first-order chi connectivity index (χ1) is 24.5. The molecule has 51 heavy (non-hydrogen) atoms. The Bertz CT molecular complexity index is 3030. The van der Waals surface area contributed by atoms with E-state index in [1.807, 2.05) is 103 Å². The maximum atomic E-state index is 12.6. The largest absolute Gasteiger partial charge is 0.361 e. The highest BCUT2D eigenvalue weighted by Crippen LogP contribution is 2.42. The number of nitrogens with one attached hydrogen (secondary N) is 6. The maximum Gasteiger partial charge on any atom is 0.259 e. The fourth-order valence-corrected chi connectivity index (χ4v) is 7.67. The van der Waals surface area contributed by atoms with Crippen LogP contribution in [0.4, 0.5) is 0 Å². The zero-order chi connectivity index (χ0) is 33.7. The summed E-state index contributed by atoms with van der Waals surface area (Å²) in [5.74, 6) is -1.40. The number of halogens is 1. The van der Waals surface area contributed by atoms with Gasteiger partial charge in [-0.3, -0.25) is 29.8 Å². The Kier molecular flexibility index (Phi) is 6.77. The van der Waals surface area contributed by atoms with Crippen LogP contribution in [0.3, 0.4) is 0 Å². The molecule has 10 nitrogen and oxygen atoms in total. The third-order valence-electron chi connectivity index (χ3n) is 9.78. The Labute approximate surface area is 304 Å². The second-order valence-electron chi connectivity index (χ2n) is 12.4. The first-order valence-corrected chi connectivity index (χ1v) is 16.0. The third-order valence-corrected chi connectivity index (χ3v) is 9.78. The van der Waals surface area contributed by atoms with Crippen LogP contribution in [-0.4, -0.2) is 43.6 Å². The molecule has 0 saturated carbocycles. The molecule has 11 rings (SSSR count). The summed E-state index contributed by atoms with van der Waals surface area (Å²) in [6.45, 7) is 0. The van der Waals surface area contributed by atoms with Gasteiger partial charge >= 0.3 is 0 Å². The number of aromatic amines is 4. The molecule has 6 N–H and O–H groups in total. The molecular weight excluding hydrogens is 755 g/mol. The molecule has 0 saturated heterocycles. The van der Waals surface area contributed by atoms with Crippen LogP contribution in [0.5, 0.6) is 0 Å². The number of carbonyl (C=O) groups is 4. The van der Waals surface area contributed by atoms with Gasteiger partial charge in [-0.1, -0.05) is 66.7 Å². The van der Waals surface area contributed by atoms with Crippen LogP contribution in [0.25, 0.3) is 76.4 Å². The topological polar surface area (TPSA) is 155 Å². The number of hydrogen-bond acceptors (Lipinski definition) is 4. The average molecular weight is 781 g/mol. The summed E-state index contributed by atoms with van der Waals surface area (Å²) in [7, 11) is 0. The Hall–Kier alpha value is -6.47. The number of imide groups is 2. The standard InChI is InChI=1S/C20H11N3O2.C20H13N3O2.HI/c24-19-15-13-10-3-1-2-4-12(10)22-18(13)11-6-5-9-7-8-21-17(9)14(11)16(15)20(25)23-19;24-19-16(13-6-3-4-11-8-9-21-18(11)13)17(20(25)23-19)14-10-22-15-7-2-1-5-12(14)15;/h1-8,21-22H,(H,23,24,25);1-10,21-22H,(H,23,24,25);1H. The fraction of sp³-hybridized carbons (Fsp3) is 0. The van der Waals surface area contributed by atoms with Crippen molar-refractivity contribution in [2.45, 2.75) is 0 Å². The Balaban J connectivity index is 0.000000134. The van der Waals surface area contributed by atoms with E-state index < -0.39 is 0 Å². The normalized spacial score (nSPS) is 14.1. The Morgan fingerprint density at radius 2 is 1.04 bits per heavy atom. The van der Waals surface area contributed by atoms with Crippen molar-refractivity contribution in [1.29, 1.82) is 0 Å². The number of hydrogen-bond donors (Lipinski definition) is 6. The van der Waals surface area contributed by atoms with Gasteiger partial charge in [-0.15, -0.1) is 24.0 Å². The van der Waals surface area contributed by atoms with Gasteiger partial charge in [0.1, 0.15) is 0 Å². The van der Waals surface area contributed by atoms with E-state index in [0.717, 1.165) is 76.4 Å². The quantitative estimate of drug-likeness (QED) is 0.0787. The number of aromatic nitrogens is 4. The van der Waals surface area contributed by atoms with Crippen molar-refractivity contribution in [1.82, 2.24) is 30.6 Å². The molecule has 9 aromatic rings. The van der Waals surface area contributed by atoms with E-state index >= 15 is 0 Å². The number of rotatable bonds is 2. The predicted molar refractivity (Wildman–Crippen MR) is 209 cm³/mol. The molecule has 0 fully saturated rings. The van der Waals surface area contributed by atoms with Gasteiger partial charge in [-0.05, 0) is 29.7 Å². The number of amides is 4. The van der Waals surface area contributed by atoms with Gasteiger partial charge in [-0.25, -0.2) is 0 Å². The number of para-hydroxylation sites is 3. The van der Waals surface area contributed by atoms with Gasteiger partial charge in [0.25, 0.3) is 23.6 Å². The van der Waals surface area contributed by atoms with Gasteiger partial charge in [0.2, 0.25) is 0 Å². The Morgan fingerprint density at radius 3 is 1.80 bits per heavy atom. The van der Waals surface area contributed by atoms with Gasteiger partial charge < -0.3 is 19.9 Å². The van der Waals surface area contributed by atoms with E-state index in [2.05, 4.69) is 30.6 Å². The highest BCUT2D eigenvalue weighted by atomic mass is 127. The smallest absolute Gasteiger partial charge is 0.259 e. The second-order valence-corrected chi connectivity index (χ2v) is 12.4. The molecule has 0 unspecified atom stereocenters. The van der Waals surface area contributed by atoms with Crippen LogP contribution in [0, 0.1) is 0 Å². The summed E-state index contributed by atoms with van der Waals surface area (Å²) in [5.41, 5.74) is 7.68. The van der Waals surface area contributed by atoms with Gasteiger partial charge in [0.05, 0.1) is 38.8 Å². The van der Waals surface area contributed by atoms with E-state index in [9.17, 15) is 19.2 Å². The van der Waals surface area contributed by atoms with Gasteiger partial charge in [0.15, 0.2) is 0 Å². The lowest BCUT2D eigenvalue weighted by atomic mass is 9.93. The minimum Gasteiger partial charge on any atom is -0.361 e. The Morgan fingerprint density at radius 1 is 0.431 bits per heavy atom. The highest BCUT2D eigenvalue weighted by molar-refractivity contribution is 14.0. The van der Waals surface area contributed by atoms with Crippen LogP contribution in [0.1, 0.15) is 31.8 Å². The van der Waals surface area contributed by atoms with Crippen LogP contribution < -0.4 is 10.6 Å². The molecule has 6 heterocycles. The van der Waals surface area contributed by atoms with E-state index in [0.29, 0.717) is 22.3 Å². The SMILES string of the molecule is I.O=C1NC(=O)C(c2cccc3cc[nH]c23)=C1c1c[nH]c2ccccc12.O=C1NC(=O)c2c1c1c(ccc3cc[nH]c31)c1[nH]c3ccccc3c21. The number of fused-ring (bicyclic) bond motifs is 12. The zero-order valence-corrected chi connectivity index (χ0v) is 28.8. The lowest BCUT2D eigenvalue weighted by Crippen LogP contribution is -2.22. The van der Waals surface area contributed by atoms with E-state index in [4.69, 9.17) is 0 Å². The summed E-state index contributed by atoms with van der Waals surface area (Å²) >= 11 is 0. The summed E-state index contributed by atoms with van der Waals surface area (Å²) in [6, 6.07) is 29.2. The molecule has 4 amide bonds. The van der Waals surface area contributed by atoms with Gasteiger partial charge in [-0.2, -0.15) is 0 Å². The molecule has 0 aliphatic carbocycles. The molecule has 2 aliphatic heterocycles. The third kappa shape index (κ3) is 4.34. The molecule has 2 aliphatic rings. The van der Waals surface area contributed by atoms with Crippen LogP contribution in [-0.2, 0) is 9.59 Å². The van der Waals surface area contributed by atoms with E-state index in [1.165, 1.54) is 0 Å². The van der Waals surface area contributed by atoms with Crippen molar-refractivity contribution in [3.8, 4) is 0 Å². The number of benzene rings is 5. The lowest BCUT2D eigenvalue weighted by Gasteiger charge is -2.07. The minimum absolute atomic E-state index is 0. The monoisotopic (exact) mass is 780 g/mol. The van der Waals surface area contributed by atoms with Crippen molar-refractivity contribution in [2.24, 2.45) is 0 Å². The van der Waals surface area contributed by atoms with Crippen molar-refractivity contribution < 1.29 is 19.2 Å². The number of H-pyrrole nitrogens is 4. The van der Waals surface area contributed by atoms with E-state index in [1.54, 1.807) is 6.20 Å². The maximum absolute atomic E-state index is 12.6. The summed E-state index contributed by atoms with van der Waals surface area (Å²) in [4.78, 5) is 63.3. The van der Waals surface area contributed by atoms with Crippen LogP contribution >= 0.6 is 24.0 Å². The minimum atomic E-state index is -0.368. The molecule has 0 bridgehead atoms. The average Bonchev–Trinajstić information content (AvgIpc) is 3.98. The molecular formula is C40H25IN6O4. The summed E-state index contributed by atoms with van der Waals surface area (Å²) in [5, 5.41) is 11.3.